The van der Waals surface area contributed by atoms with Crippen LogP contribution in [0.2, 0.25) is 0 Å². The molecule has 0 aliphatic carbocycles. The lowest BCUT2D eigenvalue weighted by atomic mass is 10.0. The van der Waals surface area contributed by atoms with Crippen molar-refractivity contribution in [1.29, 1.82) is 0 Å². The summed E-state index contributed by atoms with van der Waals surface area (Å²) in [5.41, 5.74) is 3.93. The fourth-order valence-electron chi connectivity index (χ4n) is 3.54. The highest BCUT2D eigenvalue weighted by atomic mass is 16.2. The van der Waals surface area contributed by atoms with Crippen molar-refractivity contribution in [3.8, 4) is 0 Å². The highest BCUT2D eigenvalue weighted by Crippen LogP contribution is 2.22. The molecule has 0 saturated carbocycles. The molecule has 2 aromatic rings. The molecule has 1 unspecified atom stereocenters. The molecule has 2 aromatic carbocycles. The zero-order chi connectivity index (χ0) is 20.8. The number of benzene rings is 2. The van der Waals surface area contributed by atoms with Gasteiger partial charge in [0.05, 0.1) is 6.04 Å². The SMILES string of the molecule is Cc1ccc(C(CNC(=O)C(=O)Nc2ccccc2C)N2CCN(C)CC2)cc1. The van der Waals surface area contributed by atoms with Crippen LogP contribution in [0.5, 0.6) is 0 Å². The second-order valence-electron chi connectivity index (χ2n) is 7.74. The Morgan fingerprint density at radius 2 is 1.59 bits per heavy atom. The number of hydrogen-bond donors (Lipinski definition) is 2. The summed E-state index contributed by atoms with van der Waals surface area (Å²) in [6.45, 7) is 8.20. The molecule has 1 saturated heterocycles. The molecule has 3 rings (SSSR count). The Hall–Kier alpha value is -2.70. The Labute approximate surface area is 172 Å². The second kappa shape index (κ2) is 9.67. The molecule has 1 aliphatic rings. The summed E-state index contributed by atoms with van der Waals surface area (Å²) in [6.07, 6.45) is 0. The van der Waals surface area contributed by atoms with Crippen LogP contribution in [0.25, 0.3) is 0 Å². The first-order valence-electron chi connectivity index (χ1n) is 10.1. The third kappa shape index (κ3) is 5.65. The summed E-state index contributed by atoms with van der Waals surface area (Å²) >= 11 is 0. The molecule has 29 heavy (non-hydrogen) atoms. The number of piperazine rings is 1. The first kappa shape index (κ1) is 21.0. The van der Waals surface area contributed by atoms with E-state index < -0.39 is 11.8 Å². The summed E-state index contributed by atoms with van der Waals surface area (Å²) < 4.78 is 0. The van der Waals surface area contributed by atoms with Gasteiger partial charge in [-0.05, 0) is 38.1 Å². The van der Waals surface area contributed by atoms with Gasteiger partial charge in [0.2, 0.25) is 0 Å². The number of para-hydroxylation sites is 1. The van der Waals surface area contributed by atoms with Gasteiger partial charge in [-0.1, -0.05) is 48.0 Å². The molecule has 2 N–H and O–H groups in total. The maximum Gasteiger partial charge on any atom is 0.313 e. The number of nitrogens with zero attached hydrogens (tertiary/aromatic N) is 2. The quantitative estimate of drug-likeness (QED) is 0.764. The van der Waals surface area contributed by atoms with Gasteiger partial charge >= 0.3 is 11.8 Å². The van der Waals surface area contributed by atoms with Crippen LogP contribution in [-0.2, 0) is 9.59 Å². The van der Waals surface area contributed by atoms with E-state index in [4.69, 9.17) is 0 Å². The summed E-state index contributed by atoms with van der Waals surface area (Å²) in [6, 6.07) is 15.9. The van der Waals surface area contributed by atoms with Crippen molar-refractivity contribution in [2.24, 2.45) is 0 Å². The van der Waals surface area contributed by atoms with E-state index in [1.165, 1.54) is 5.56 Å². The lowest BCUT2D eigenvalue weighted by molar-refractivity contribution is -0.136. The predicted molar refractivity (Wildman–Crippen MR) is 116 cm³/mol. The molecule has 1 fully saturated rings. The first-order valence-corrected chi connectivity index (χ1v) is 10.1. The number of rotatable bonds is 5. The highest BCUT2D eigenvalue weighted by molar-refractivity contribution is 6.39. The number of aryl methyl sites for hydroxylation is 2. The second-order valence-corrected chi connectivity index (χ2v) is 7.74. The van der Waals surface area contributed by atoms with Crippen LogP contribution in [0.1, 0.15) is 22.7 Å². The van der Waals surface area contributed by atoms with E-state index in [0.29, 0.717) is 12.2 Å². The molecule has 6 nitrogen and oxygen atoms in total. The average Bonchev–Trinajstić information content (AvgIpc) is 2.72. The largest absolute Gasteiger partial charge is 0.346 e. The van der Waals surface area contributed by atoms with Crippen molar-refractivity contribution < 1.29 is 9.59 Å². The maximum absolute atomic E-state index is 12.4. The minimum absolute atomic E-state index is 0.0412. The Bertz CT molecular complexity index is 842. The number of carbonyl (C=O) groups excluding carboxylic acids is 2. The molecule has 1 atom stereocenters. The van der Waals surface area contributed by atoms with E-state index in [9.17, 15) is 9.59 Å². The van der Waals surface area contributed by atoms with Gasteiger partial charge in [0, 0.05) is 38.4 Å². The summed E-state index contributed by atoms with van der Waals surface area (Å²) in [5.74, 6) is -1.25. The van der Waals surface area contributed by atoms with Gasteiger partial charge in [0.15, 0.2) is 0 Å². The van der Waals surface area contributed by atoms with Crippen LogP contribution in [0.15, 0.2) is 48.5 Å². The van der Waals surface area contributed by atoms with Crippen LogP contribution in [0, 0.1) is 13.8 Å². The number of hydrogen-bond acceptors (Lipinski definition) is 4. The Morgan fingerprint density at radius 3 is 2.24 bits per heavy atom. The molecule has 2 amide bonds. The molecule has 1 aliphatic heterocycles. The molecule has 1 heterocycles. The lowest BCUT2D eigenvalue weighted by Gasteiger charge is -2.38. The zero-order valence-corrected chi connectivity index (χ0v) is 17.4. The van der Waals surface area contributed by atoms with Gasteiger partial charge in [0.1, 0.15) is 0 Å². The van der Waals surface area contributed by atoms with Crippen LogP contribution in [0.4, 0.5) is 5.69 Å². The van der Waals surface area contributed by atoms with Crippen LogP contribution in [-0.4, -0.2) is 61.4 Å². The van der Waals surface area contributed by atoms with E-state index in [1.54, 1.807) is 6.07 Å². The number of nitrogens with one attached hydrogen (secondary N) is 2. The Kier molecular flexibility index (Phi) is 7.01. The molecule has 154 valence electrons. The van der Waals surface area contributed by atoms with Gasteiger partial charge < -0.3 is 15.5 Å². The number of carbonyl (C=O) groups is 2. The average molecular weight is 395 g/mol. The lowest BCUT2D eigenvalue weighted by Crippen LogP contribution is -2.49. The van der Waals surface area contributed by atoms with Gasteiger partial charge in [-0.15, -0.1) is 0 Å². The van der Waals surface area contributed by atoms with E-state index >= 15 is 0 Å². The molecule has 0 spiro atoms. The van der Waals surface area contributed by atoms with Crippen molar-refractivity contribution in [2.45, 2.75) is 19.9 Å². The van der Waals surface area contributed by atoms with Gasteiger partial charge in [-0.3, -0.25) is 14.5 Å². The molecule has 6 heteroatoms. The standard InChI is InChI=1S/C23H30N4O2/c1-17-8-10-19(11-9-17)21(27-14-12-26(3)13-15-27)16-24-22(28)23(29)25-20-7-5-4-6-18(20)2/h4-11,21H,12-16H2,1-3H3,(H,24,28)(H,25,29). The summed E-state index contributed by atoms with van der Waals surface area (Å²) in [5, 5.41) is 5.53. The van der Waals surface area contributed by atoms with Crippen LogP contribution < -0.4 is 10.6 Å². The molecule has 0 aromatic heterocycles. The first-order chi connectivity index (χ1) is 13.9. The Morgan fingerprint density at radius 1 is 0.931 bits per heavy atom. The monoisotopic (exact) mass is 394 g/mol. The van der Waals surface area contributed by atoms with Gasteiger partial charge in [-0.2, -0.15) is 0 Å². The minimum atomic E-state index is -0.639. The number of anilines is 1. The predicted octanol–water partition coefficient (Wildman–Crippen LogP) is 2.35. The summed E-state index contributed by atoms with van der Waals surface area (Å²) in [7, 11) is 2.12. The Balaban J connectivity index is 1.65. The molecular weight excluding hydrogens is 364 g/mol. The number of likely N-dealkylation sites (N-methyl/N-ethyl adjacent to an activating group) is 1. The fourth-order valence-corrected chi connectivity index (χ4v) is 3.54. The van der Waals surface area contributed by atoms with Crippen molar-refractivity contribution in [2.75, 3.05) is 45.1 Å². The van der Waals surface area contributed by atoms with Crippen molar-refractivity contribution in [1.82, 2.24) is 15.1 Å². The smallest absolute Gasteiger partial charge is 0.313 e. The van der Waals surface area contributed by atoms with E-state index in [1.807, 2.05) is 25.1 Å². The van der Waals surface area contributed by atoms with E-state index in [-0.39, 0.29) is 6.04 Å². The van der Waals surface area contributed by atoms with Crippen molar-refractivity contribution in [3.63, 3.8) is 0 Å². The van der Waals surface area contributed by atoms with E-state index in [2.05, 4.69) is 58.7 Å². The molecular formula is C23H30N4O2. The third-order valence-electron chi connectivity index (χ3n) is 5.50. The topological polar surface area (TPSA) is 64.7 Å². The molecule has 0 radical (unpaired) electrons. The normalized spacial score (nSPS) is 16.2. The number of amides is 2. The van der Waals surface area contributed by atoms with Crippen LogP contribution >= 0.6 is 0 Å². The minimum Gasteiger partial charge on any atom is -0.346 e. The van der Waals surface area contributed by atoms with Gasteiger partial charge in [0.25, 0.3) is 0 Å². The third-order valence-corrected chi connectivity index (χ3v) is 5.50. The summed E-state index contributed by atoms with van der Waals surface area (Å²) in [4.78, 5) is 29.4. The van der Waals surface area contributed by atoms with Gasteiger partial charge in [-0.25, -0.2) is 0 Å². The van der Waals surface area contributed by atoms with Crippen LogP contribution in [0.3, 0.4) is 0 Å². The molecule has 0 bridgehead atoms. The fraction of sp³-hybridized carbons (Fsp3) is 0.391. The maximum atomic E-state index is 12.4. The highest BCUT2D eigenvalue weighted by Gasteiger charge is 2.25. The van der Waals surface area contributed by atoms with Crippen molar-refractivity contribution >= 4 is 17.5 Å². The zero-order valence-electron chi connectivity index (χ0n) is 17.4. The van der Waals surface area contributed by atoms with Crippen molar-refractivity contribution in [3.05, 3.63) is 65.2 Å². The van der Waals surface area contributed by atoms with E-state index in [0.717, 1.165) is 37.3 Å².